The molecule has 2 heterocycles. The molecule has 0 atom stereocenters. The van der Waals surface area contributed by atoms with Crippen LogP contribution < -0.4 is 5.32 Å². The van der Waals surface area contributed by atoms with Crippen LogP contribution in [0.1, 0.15) is 22.5 Å². The van der Waals surface area contributed by atoms with Crippen LogP contribution in [0.25, 0.3) is 11.6 Å². The number of phenolic OH excluding ortho intramolecular Hbond substituents is 1. The molecule has 0 spiro atoms. The molecule has 0 fully saturated rings. The lowest BCUT2D eigenvalue weighted by atomic mass is 10.0. The maximum Gasteiger partial charge on any atom is 0.256 e. The quantitative estimate of drug-likeness (QED) is 0.541. The normalized spacial score (nSPS) is 15.7. The van der Waals surface area contributed by atoms with Crippen LogP contribution >= 0.6 is 0 Å². The van der Waals surface area contributed by atoms with Crippen molar-refractivity contribution < 1.29 is 9.90 Å². The van der Waals surface area contributed by atoms with Gasteiger partial charge in [0.15, 0.2) is 0 Å². The Morgan fingerprint density at radius 2 is 2.00 bits per heavy atom. The third-order valence-electron chi connectivity index (χ3n) is 3.26. The van der Waals surface area contributed by atoms with Crippen molar-refractivity contribution in [2.24, 2.45) is 0 Å². The second kappa shape index (κ2) is 4.02. The summed E-state index contributed by atoms with van der Waals surface area (Å²) >= 11 is 0. The molecular weight excluding hydrogens is 240 g/mol. The van der Waals surface area contributed by atoms with Gasteiger partial charge in [0.25, 0.3) is 5.91 Å². The number of benzene rings is 1. The molecule has 0 bridgehead atoms. The number of aromatic nitrogens is 1. The first-order valence-corrected chi connectivity index (χ1v) is 6.07. The minimum atomic E-state index is -0.146. The number of fused-ring (bicyclic) bond motifs is 1. The highest BCUT2D eigenvalue weighted by molar-refractivity contribution is 6.34. The van der Waals surface area contributed by atoms with E-state index in [0.717, 1.165) is 28.2 Å². The van der Waals surface area contributed by atoms with Gasteiger partial charge in [-0.05, 0) is 49.8 Å². The van der Waals surface area contributed by atoms with Gasteiger partial charge >= 0.3 is 0 Å². The minimum absolute atomic E-state index is 0.146. The highest BCUT2D eigenvalue weighted by atomic mass is 16.3. The fourth-order valence-corrected chi connectivity index (χ4v) is 2.36. The van der Waals surface area contributed by atoms with Crippen LogP contribution in [0.2, 0.25) is 0 Å². The van der Waals surface area contributed by atoms with Gasteiger partial charge in [-0.1, -0.05) is 0 Å². The maximum absolute atomic E-state index is 12.0. The number of anilines is 1. The molecule has 0 aliphatic carbocycles. The molecule has 0 radical (unpaired) electrons. The predicted molar refractivity (Wildman–Crippen MR) is 74.9 cm³/mol. The largest absolute Gasteiger partial charge is 0.508 e. The zero-order valence-electron chi connectivity index (χ0n) is 10.7. The maximum atomic E-state index is 12.0. The molecule has 1 aromatic carbocycles. The summed E-state index contributed by atoms with van der Waals surface area (Å²) in [5.74, 6) is 0.00721. The van der Waals surface area contributed by atoms with Gasteiger partial charge < -0.3 is 15.4 Å². The molecule has 0 saturated carbocycles. The zero-order valence-corrected chi connectivity index (χ0v) is 10.7. The van der Waals surface area contributed by atoms with E-state index in [4.69, 9.17) is 0 Å². The highest BCUT2D eigenvalue weighted by Gasteiger charge is 2.24. The summed E-state index contributed by atoms with van der Waals surface area (Å²) in [4.78, 5) is 15.2. The van der Waals surface area contributed by atoms with Crippen molar-refractivity contribution in [3.05, 3.63) is 46.8 Å². The summed E-state index contributed by atoms with van der Waals surface area (Å²) in [7, 11) is 0. The Kier molecular flexibility index (Phi) is 2.45. The third kappa shape index (κ3) is 1.91. The molecule has 3 N–H and O–H groups in total. The summed E-state index contributed by atoms with van der Waals surface area (Å²) in [6.07, 6.45) is 1.82. The van der Waals surface area contributed by atoms with Crippen LogP contribution in [0, 0.1) is 13.8 Å². The number of hydrogen-bond donors (Lipinski definition) is 3. The van der Waals surface area contributed by atoms with Crippen molar-refractivity contribution in [1.82, 2.24) is 4.98 Å². The topological polar surface area (TPSA) is 65.1 Å². The van der Waals surface area contributed by atoms with Gasteiger partial charge in [0.2, 0.25) is 0 Å². The number of aromatic hydroxyl groups is 1. The lowest BCUT2D eigenvalue weighted by Gasteiger charge is -1.99. The number of rotatable bonds is 1. The molecule has 2 aromatic rings. The summed E-state index contributed by atoms with van der Waals surface area (Å²) in [6, 6.07) is 6.90. The van der Waals surface area contributed by atoms with Crippen molar-refractivity contribution in [1.29, 1.82) is 0 Å². The number of aromatic amines is 1. The van der Waals surface area contributed by atoms with E-state index in [1.807, 2.05) is 26.0 Å². The number of phenols is 1. The van der Waals surface area contributed by atoms with Crippen molar-refractivity contribution >= 4 is 23.2 Å². The number of carbonyl (C=O) groups is 1. The summed E-state index contributed by atoms with van der Waals surface area (Å²) < 4.78 is 0. The van der Waals surface area contributed by atoms with Crippen molar-refractivity contribution in [2.75, 3.05) is 5.32 Å². The van der Waals surface area contributed by atoms with E-state index in [9.17, 15) is 9.90 Å². The average molecular weight is 254 g/mol. The monoisotopic (exact) mass is 254 g/mol. The van der Waals surface area contributed by atoms with Crippen LogP contribution in [-0.4, -0.2) is 16.0 Å². The van der Waals surface area contributed by atoms with E-state index in [1.54, 1.807) is 18.2 Å². The summed E-state index contributed by atoms with van der Waals surface area (Å²) in [5.41, 5.74) is 5.09. The van der Waals surface area contributed by atoms with E-state index in [-0.39, 0.29) is 11.7 Å². The minimum Gasteiger partial charge on any atom is -0.508 e. The molecule has 1 aromatic heterocycles. The first kappa shape index (κ1) is 11.6. The molecule has 0 unspecified atom stereocenters. The first-order valence-electron chi connectivity index (χ1n) is 6.07. The second-order valence-electron chi connectivity index (χ2n) is 4.79. The van der Waals surface area contributed by atoms with E-state index in [0.29, 0.717) is 5.57 Å². The van der Waals surface area contributed by atoms with Gasteiger partial charge in [0, 0.05) is 22.6 Å². The number of amides is 1. The smallest absolute Gasteiger partial charge is 0.256 e. The zero-order chi connectivity index (χ0) is 13.6. The van der Waals surface area contributed by atoms with Crippen LogP contribution in [0.4, 0.5) is 5.69 Å². The molecule has 1 aliphatic heterocycles. The highest BCUT2D eigenvalue weighted by Crippen LogP contribution is 2.35. The Hall–Kier alpha value is -2.49. The van der Waals surface area contributed by atoms with Gasteiger partial charge in [-0.2, -0.15) is 0 Å². The van der Waals surface area contributed by atoms with Crippen LogP contribution in [-0.2, 0) is 4.79 Å². The SMILES string of the molecule is Cc1cc(C)c(/C=C2\C(=O)Nc3ccc(O)cc32)[nH]1. The van der Waals surface area contributed by atoms with E-state index in [1.165, 1.54) is 0 Å². The van der Waals surface area contributed by atoms with Crippen LogP contribution in [0.3, 0.4) is 0 Å². The number of H-pyrrole nitrogens is 1. The summed E-state index contributed by atoms with van der Waals surface area (Å²) in [5, 5.41) is 12.3. The number of carbonyl (C=O) groups excluding carboxylic acids is 1. The third-order valence-corrected chi connectivity index (χ3v) is 3.26. The lowest BCUT2D eigenvalue weighted by molar-refractivity contribution is -0.110. The van der Waals surface area contributed by atoms with Crippen molar-refractivity contribution in [3.8, 4) is 5.75 Å². The van der Waals surface area contributed by atoms with Gasteiger partial charge in [-0.25, -0.2) is 0 Å². The van der Waals surface area contributed by atoms with Gasteiger partial charge in [-0.15, -0.1) is 0 Å². The van der Waals surface area contributed by atoms with E-state index in [2.05, 4.69) is 10.3 Å². The van der Waals surface area contributed by atoms with Gasteiger partial charge in [0.1, 0.15) is 5.75 Å². The number of hydrogen-bond acceptors (Lipinski definition) is 2. The first-order chi connectivity index (χ1) is 9.04. The van der Waals surface area contributed by atoms with E-state index >= 15 is 0 Å². The molecule has 96 valence electrons. The Morgan fingerprint density at radius 1 is 1.21 bits per heavy atom. The average Bonchev–Trinajstić information content (AvgIpc) is 2.81. The molecule has 19 heavy (non-hydrogen) atoms. The molecule has 4 heteroatoms. The van der Waals surface area contributed by atoms with Crippen molar-refractivity contribution in [3.63, 3.8) is 0 Å². The standard InChI is InChI=1S/C15H14N2O2/c1-8-5-9(2)16-14(8)7-12-11-6-10(18)3-4-13(11)17-15(12)19/h3-7,16,18H,1-2H3,(H,17,19)/b12-7-. The molecule has 4 nitrogen and oxygen atoms in total. The van der Waals surface area contributed by atoms with E-state index < -0.39 is 0 Å². The van der Waals surface area contributed by atoms with Crippen molar-refractivity contribution in [2.45, 2.75) is 13.8 Å². The number of aryl methyl sites for hydroxylation is 2. The number of nitrogens with one attached hydrogen (secondary N) is 2. The van der Waals surface area contributed by atoms with Gasteiger partial charge in [-0.3, -0.25) is 4.79 Å². The Bertz CT molecular complexity index is 711. The fraction of sp³-hybridized carbons (Fsp3) is 0.133. The lowest BCUT2D eigenvalue weighted by Crippen LogP contribution is -2.03. The fourth-order valence-electron chi connectivity index (χ4n) is 2.36. The van der Waals surface area contributed by atoms with Gasteiger partial charge in [0.05, 0.1) is 5.57 Å². The Morgan fingerprint density at radius 3 is 2.68 bits per heavy atom. The van der Waals surface area contributed by atoms with Crippen LogP contribution in [0.15, 0.2) is 24.3 Å². The van der Waals surface area contributed by atoms with Crippen LogP contribution in [0.5, 0.6) is 5.75 Å². The molecule has 0 saturated heterocycles. The molecular formula is C15H14N2O2. The predicted octanol–water partition coefficient (Wildman–Crippen LogP) is 2.83. The molecule has 1 amide bonds. The Labute approximate surface area is 110 Å². The molecule has 3 rings (SSSR count). The molecule has 1 aliphatic rings. The summed E-state index contributed by atoms with van der Waals surface area (Å²) in [6.45, 7) is 3.97. The Balaban J connectivity index is 2.14. The second-order valence-corrected chi connectivity index (χ2v) is 4.79.